The van der Waals surface area contributed by atoms with Gasteiger partial charge in [-0.2, -0.15) is 0 Å². The van der Waals surface area contributed by atoms with Gasteiger partial charge < -0.3 is 5.11 Å². The number of hydrogen-bond donors (Lipinski definition) is 1. The minimum atomic E-state index is -0.789. The van der Waals surface area contributed by atoms with Crippen molar-refractivity contribution in [2.45, 2.75) is 6.10 Å². The molecule has 19 heavy (non-hydrogen) atoms. The first kappa shape index (κ1) is 12.1. The highest BCUT2D eigenvalue weighted by molar-refractivity contribution is 6.31. The highest BCUT2D eigenvalue weighted by atomic mass is 35.5. The van der Waals surface area contributed by atoms with Crippen LogP contribution < -0.4 is 0 Å². The van der Waals surface area contributed by atoms with Gasteiger partial charge in [-0.05, 0) is 23.1 Å². The van der Waals surface area contributed by atoms with Crippen LogP contribution in [0.15, 0.2) is 55.1 Å². The van der Waals surface area contributed by atoms with E-state index in [0.717, 1.165) is 16.3 Å². The lowest BCUT2D eigenvalue weighted by Crippen LogP contribution is -2.01. The summed E-state index contributed by atoms with van der Waals surface area (Å²) in [5.74, 6) is 0. The van der Waals surface area contributed by atoms with Gasteiger partial charge in [0.1, 0.15) is 6.10 Å². The summed E-state index contributed by atoms with van der Waals surface area (Å²) in [7, 11) is 0. The van der Waals surface area contributed by atoms with Gasteiger partial charge in [0, 0.05) is 35.7 Å². The lowest BCUT2D eigenvalue weighted by molar-refractivity contribution is 0.222. The zero-order valence-corrected chi connectivity index (χ0v) is 10.7. The van der Waals surface area contributed by atoms with Gasteiger partial charge in [-0.1, -0.05) is 29.8 Å². The Bertz CT molecular complexity index is 725. The summed E-state index contributed by atoms with van der Waals surface area (Å²) in [5, 5.41) is 12.9. The number of halogens is 1. The fourth-order valence-corrected chi connectivity index (χ4v) is 2.37. The highest BCUT2D eigenvalue weighted by Gasteiger charge is 2.16. The molecule has 2 aromatic heterocycles. The predicted molar refractivity (Wildman–Crippen MR) is 75.1 cm³/mol. The standard InChI is InChI=1S/C15H11ClN2O/c16-14-9-18-7-5-12(14)15(19)11-3-1-2-10-4-6-17-8-13(10)11/h1-9,15,19H. The second kappa shape index (κ2) is 4.96. The molecule has 0 spiro atoms. The molecule has 0 aliphatic heterocycles. The maximum atomic E-state index is 10.5. The van der Waals surface area contributed by atoms with Crippen molar-refractivity contribution >= 4 is 22.4 Å². The van der Waals surface area contributed by atoms with Crippen LogP contribution in [0.1, 0.15) is 17.2 Å². The van der Waals surface area contributed by atoms with Crippen LogP contribution in [0.2, 0.25) is 5.02 Å². The number of rotatable bonds is 2. The van der Waals surface area contributed by atoms with Crippen LogP contribution in [-0.2, 0) is 0 Å². The van der Waals surface area contributed by atoms with Gasteiger partial charge >= 0.3 is 0 Å². The Morgan fingerprint density at radius 3 is 2.58 bits per heavy atom. The van der Waals surface area contributed by atoms with Crippen molar-refractivity contribution in [3.05, 3.63) is 71.3 Å². The smallest absolute Gasteiger partial charge is 0.106 e. The molecule has 0 fully saturated rings. The van der Waals surface area contributed by atoms with E-state index < -0.39 is 6.10 Å². The molecule has 0 amide bonds. The first-order valence-corrected chi connectivity index (χ1v) is 6.25. The number of nitrogens with zero attached hydrogens (tertiary/aromatic N) is 2. The number of aliphatic hydroxyl groups excluding tert-OH is 1. The highest BCUT2D eigenvalue weighted by Crippen LogP contribution is 2.31. The third-order valence-corrected chi connectivity index (χ3v) is 3.43. The Kier molecular flexibility index (Phi) is 3.15. The molecule has 1 N–H and O–H groups in total. The van der Waals surface area contributed by atoms with Crippen molar-refractivity contribution in [2.75, 3.05) is 0 Å². The van der Waals surface area contributed by atoms with Gasteiger partial charge in [0.05, 0.1) is 5.02 Å². The van der Waals surface area contributed by atoms with E-state index in [4.69, 9.17) is 11.6 Å². The Morgan fingerprint density at radius 1 is 0.947 bits per heavy atom. The average Bonchev–Trinajstić information content (AvgIpc) is 2.46. The number of benzene rings is 1. The molecule has 1 aromatic carbocycles. The molecule has 0 aliphatic carbocycles. The van der Waals surface area contributed by atoms with Crippen LogP contribution in [0.3, 0.4) is 0 Å². The molecule has 3 aromatic rings. The van der Waals surface area contributed by atoms with E-state index in [1.165, 1.54) is 6.20 Å². The molecule has 0 aliphatic rings. The summed E-state index contributed by atoms with van der Waals surface area (Å²) in [6.07, 6.45) is 5.85. The van der Waals surface area contributed by atoms with Gasteiger partial charge in [-0.3, -0.25) is 9.97 Å². The Morgan fingerprint density at radius 2 is 1.74 bits per heavy atom. The predicted octanol–water partition coefficient (Wildman–Crippen LogP) is 3.36. The lowest BCUT2D eigenvalue weighted by Gasteiger charge is -2.14. The first-order valence-electron chi connectivity index (χ1n) is 5.87. The summed E-state index contributed by atoms with van der Waals surface area (Å²) in [5.41, 5.74) is 1.44. The van der Waals surface area contributed by atoms with Crippen molar-refractivity contribution in [1.29, 1.82) is 0 Å². The maximum Gasteiger partial charge on any atom is 0.106 e. The molecule has 1 atom stereocenters. The molecule has 0 saturated heterocycles. The second-order valence-corrected chi connectivity index (χ2v) is 4.65. The normalized spacial score (nSPS) is 12.5. The largest absolute Gasteiger partial charge is 0.384 e. The second-order valence-electron chi connectivity index (χ2n) is 4.24. The molecule has 0 saturated carbocycles. The van der Waals surface area contributed by atoms with Crippen LogP contribution in [0.5, 0.6) is 0 Å². The summed E-state index contributed by atoms with van der Waals surface area (Å²) in [6.45, 7) is 0. The van der Waals surface area contributed by atoms with E-state index in [0.29, 0.717) is 10.6 Å². The Labute approximate surface area is 115 Å². The van der Waals surface area contributed by atoms with Crippen molar-refractivity contribution in [3.8, 4) is 0 Å². The van der Waals surface area contributed by atoms with E-state index in [1.54, 1.807) is 24.7 Å². The molecule has 3 nitrogen and oxygen atoms in total. The van der Waals surface area contributed by atoms with Crippen LogP contribution in [0, 0.1) is 0 Å². The van der Waals surface area contributed by atoms with Gasteiger partial charge in [0.25, 0.3) is 0 Å². The maximum absolute atomic E-state index is 10.5. The van der Waals surface area contributed by atoms with Crippen molar-refractivity contribution in [3.63, 3.8) is 0 Å². The first-order chi connectivity index (χ1) is 9.27. The third kappa shape index (κ3) is 2.18. The summed E-state index contributed by atoms with van der Waals surface area (Å²) in [6, 6.07) is 9.42. The Balaban J connectivity index is 2.17. The molecular formula is C15H11ClN2O. The number of aromatic nitrogens is 2. The molecule has 0 bridgehead atoms. The minimum absolute atomic E-state index is 0.455. The topological polar surface area (TPSA) is 46.0 Å². The number of aliphatic hydroxyl groups is 1. The van der Waals surface area contributed by atoms with E-state index in [1.807, 2.05) is 24.3 Å². The monoisotopic (exact) mass is 270 g/mol. The van der Waals surface area contributed by atoms with Gasteiger partial charge in [-0.25, -0.2) is 0 Å². The molecule has 3 rings (SSSR count). The minimum Gasteiger partial charge on any atom is -0.384 e. The molecular weight excluding hydrogens is 260 g/mol. The fourth-order valence-electron chi connectivity index (χ4n) is 2.15. The van der Waals surface area contributed by atoms with Gasteiger partial charge in [0.2, 0.25) is 0 Å². The lowest BCUT2D eigenvalue weighted by atomic mass is 9.98. The molecule has 2 heterocycles. The zero-order chi connectivity index (χ0) is 13.2. The zero-order valence-electron chi connectivity index (χ0n) is 9.99. The van der Waals surface area contributed by atoms with Crippen LogP contribution in [0.25, 0.3) is 10.8 Å². The van der Waals surface area contributed by atoms with E-state index in [2.05, 4.69) is 9.97 Å². The molecule has 0 radical (unpaired) electrons. The van der Waals surface area contributed by atoms with Crippen molar-refractivity contribution < 1.29 is 5.11 Å². The number of hydrogen-bond acceptors (Lipinski definition) is 3. The summed E-state index contributed by atoms with van der Waals surface area (Å²) < 4.78 is 0. The third-order valence-electron chi connectivity index (χ3n) is 3.11. The Hall–Kier alpha value is -1.97. The fraction of sp³-hybridized carbons (Fsp3) is 0.0667. The van der Waals surface area contributed by atoms with Gasteiger partial charge in [0.15, 0.2) is 0 Å². The molecule has 4 heteroatoms. The van der Waals surface area contributed by atoms with Crippen molar-refractivity contribution in [1.82, 2.24) is 9.97 Å². The van der Waals surface area contributed by atoms with E-state index >= 15 is 0 Å². The number of pyridine rings is 2. The van der Waals surface area contributed by atoms with Crippen molar-refractivity contribution in [2.24, 2.45) is 0 Å². The summed E-state index contributed by atoms with van der Waals surface area (Å²) >= 11 is 6.08. The van der Waals surface area contributed by atoms with E-state index in [9.17, 15) is 5.11 Å². The quantitative estimate of drug-likeness (QED) is 0.777. The number of fused-ring (bicyclic) bond motifs is 1. The van der Waals surface area contributed by atoms with Crippen LogP contribution in [0.4, 0.5) is 0 Å². The van der Waals surface area contributed by atoms with Crippen LogP contribution >= 0.6 is 11.6 Å². The molecule has 1 unspecified atom stereocenters. The SMILES string of the molecule is OC(c1ccncc1Cl)c1cccc2ccncc12. The van der Waals surface area contributed by atoms with Crippen LogP contribution in [-0.4, -0.2) is 15.1 Å². The van der Waals surface area contributed by atoms with E-state index in [-0.39, 0.29) is 0 Å². The molecule has 94 valence electrons. The van der Waals surface area contributed by atoms with Gasteiger partial charge in [-0.15, -0.1) is 0 Å². The average molecular weight is 271 g/mol. The summed E-state index contributed by atoms with van der Waals surface area (Å²) in [4.78, 5) is 8.04.